The molecule has 1 aromatic rings. The van der Waals surface area contributed by atoms with E-state index in [0.717, 1.165) is 13.0 Å². The summed E-state index contributed by atoms with van der Waals surface area (Å²) < 4.78 is 4.51. The smallest absolute Gasteiger partial charge is 0.305 e. The number of carbonyl (C=O) groups is 1. The zero-order valence-electron chi connectivity index (χ0n) is 10.6. The number of hydrogen-bond donors (Lipinski definition) is 2. The Morgan fingerprint density at radius 2 is 2.22 bits per heavy atom. The molecule has 0 fully saturated rings. The highest BCUT2D eigenvalue weighted by molar-refractivity contribution is 5.69. The fourth-order valence-electron chi connectivity index (χ4n) is 1.54. The molecule has 0 bridgehead atoms. The minimum Gasteiger partial charge on any atom is -0.469 e. The molecule has 2 N–H and O–H groups in total. The Labute approximate surface area is 107 Å². The SMILES string of the molecule is COC(=O)CCC(O)CNCCc1ccncc1. The van der Waals surface area contributed by atoms with Gasteiger partial charge in [0.05, 0.1) is 13.2 Å². The van der Waals surface area contributed by atoms with Crippen LogP contribution in [0.5, 0.6) is 0 Å². The van der Waals surface area contributed by atoms with E-state index in [9.17, 15) is 9.90 Å². The van der Waals surface area contributed by atoms with Gasteiger partial charge >= 0.3 is 5.97 Å². The van der Waals surface area contributed by atoms with Crippen molar-refractivity contribution in [1.29, 1.82) is 0 Å². The predicted octanol–water partition coefficient (Wildman–Crippen LogP) is 0.528. The number of hydrogen-bond acceptors (Lipinski definition) is 5. The van der Waals surface area contributed by atoms with Crippen molar-refractivity contribution >= 4 is 5.97 Å². The predicted molar refractivity (Wildman–Crippen MR) is 68.1 cm³/mol. The lowest BCUT2D eigenvalue weighted by molar-refractivity contribution is -0.141. The third kappa shape index (κ3) is 6.32. The lowest BCUT2D eigenvalue weighted by atomic mass is 10.2. The molecule has 0 radical (unpaired) electrons. The van der Waals surface area contributed by atoms with Gasteiger partial charge in [-0.05, 0) is 37.1 Å². The first-order valence-electron chi connectivity index (χ1n) is 6.07. The van der Waals surface area contributed by atoms with E-state index in [2.05, 4.69) is 15.0 Å². The van der Waals surface area contributed by atoms with E-state index < -0.39 is 6.10 Å². The maximum atomic E-state index is 10.9. The number of methoxy groups -OCH3 is 1. The van der Waals surface area contributed by atoms with Gasteiger partial charge in [-0.2, -0.15) is 0 Å². The number of nitrogens with zero attached hydrogens (tertiary/aromatic N) is 1. The average Bonchev–Trinajstić information content (AvgIpc) is 2.42. The molecule has 0 aliphatic rings. The first-order valence-corrected chi connectivity index (χ1v) is 6.07. The summed E-state index contributed by atoms with van der Waals surface area (Å²) in [5, 5.41) is 12.8. The van der Waals surface area contributed by atoms with Gasteiger partial charge in [-0.3, -0.25) is 9.78 Å². The largest absolute Gasteiger partial charge is 0.469 e. The Hall–Kier alpha value is -1.46. The lowest BCUT2D eigenvalue weighted by Crippen LogP contribution is -2.29. The standard InChI is InChI=1S/C13H20N2O3/c1-18-13(17)3-2-12(16)10-15-9-6-11-4-7-14-8-5-11/h4-5,7-8,12,15-16H,2-3,6,9-10H2,1H3. The molecule has 0 aliphatic heterocycles. The van der Waals surface area contributed by atoms with Gasteiger partial charge < -0.3 is 15.2 Å². The third-order valence-corrected chi connectivity index (χ3v) is 2.63. The van der Waals surface area contributed by atoms with E-state index in [-0.39, 0.29) is 12.4 Å². The van der Waals surface area contributed by atoms with E-state index in [1.165, 1.54) is 12.7 Å². The van der Waals surface area contributed by atoms with Crippen molar-refractivity contribution in [1.82, 2.24) is 10.3 Å². The molecule has 1 unspecified atom stereocenters. The van der Waals surface area contributed by atoms with Crippen LogP contribution < -0.4 is 5.32 Å². The number of aliphatic hydroxyl groups is 1. The van der Waals surface area contributed by atoms with Crippen molar-refractivity contribution < 1.29 is 14.6 Å². The van der Waals surface area contributed by atoms with Crippen LogP contribution in [0.25, 0.3) is 0 Å². The van der Waals surface area contributed by atoms with Gasteiger partial charge in [0, 0.05) is 25.4 Å². The van der Waals surface area contributed by atoms with Crippen molar-refractivity contribution in [3.63, 3.8) is 0 Å². The van der Waals surface area contributed by atoms with Gasteiger partial charge in [0.25, 0.3) is 0 Å². The number of aliphatic hydroxyl groups excluding tert-OH is 1. The second-order valence-electron chi connectivity index (χ2n) is 4.08. The Morgan fingerprint density at radius 1 is 1.50 bits per heavy atom. The molecule has 1 atom stereocenters. The van der Waals surface area contributed by atoms with E-state index in [1.54, 1.807) is 12.4 Å². The number of ether oxygens (including phenoxy) is 1. The quantitative estimate of drug-likeness (QED) is 0.521. The second-order valence-corrected chi connectivity index (χ2v) is 4.08. The van der Waals surface area contributed by atoms with Crippen molar-refractivity contribution in [3.05, 3.63) is 30.1 Å². The first-order chi connectivity index (χ1) is 8.72. The Morgan fingerprint density at radius 3 is 2.89 bits per heavy atom. The molecule has 5 nitrogen and oxygen atoms in total. The van der Waals surface area contributed by atoms with Crippen molar-refractivity contribution in [3.8, 4) is 0 Å². The molecule has 5 heteroatoms. The van der Waals surface area contributed by atoms with Crippen LogP contribution in [0, 0.1) is 0 Å². The topological polar surface area (TPSA) is 71.5 Å². The summed E-state index contributed by atoms with van der Waals surface area (Å²) in [6.07, 6.45) is 4.59. The summed E-state index contributed by atoms with van der Waals surface area (Å²) in [7, 11) is 1.35. The van der Waals surface area contributed by atoms with E-state index in [4.69, 9.17) is 0 Å². The van der Waals surface area contributed by atoms with Crippen LogP contribution in [-0.4, -0.2) is 42.4 Å². The Bertz CT molecular complexity index is 343. The monoisotopic (exact) mass is 252 g/mol. The van der Waals surface area contributed by atoms with Crippen molar-refractivity contribution in [2.45, 2.75) is 25.4 Å². The number of esters is 1. The summed E-state index contributed by atoms with van der Waals surface area (Å²) >= 11 is 0. The molecule has 1 rings (SSSR count). The van der Waals surface area contributed by atoms with E-state index in [1.807, 2.05) is 12.1 Å². The second kappa shape index (κ2) is 8.60. The number of nitrogens with one attached hydrogen (secondary N) is 1. The zero-order chi connectivity index (χ0) is 13.2. The molecule has 18 heavy (non-hydrogen) atoms. The molecule has 0 aromatic carbocycles. The fourth-order valence-corrected chi connectivity index (χ4v) is 1.54. The van der Waals surface area contributed by atoms with Crippen molar-refractivity contribution in [2.24, 2.45) is 0 Å². The van der Waals surface area contributed by atoms with Crippen LogP contribution in [0.1, 0.15) is 18.4 Å². The summed E-state index contributed by atoms with van der Waals surface area (Å²) in [4.78, 5) is 14.8. The number of pyridine rings is 1. The molecular formula is C13H20N2O3. The highest BCUT2D eigenvalue weighted by Gasteiger charge is 2.07. The maximum Gasteiger partial charge on any atom is 0.305 e. The van der Waals surface area contributed by atoms with Gasteiger partial charge in [-0.1, -0.05) is 0 Å². The molecule has 0 saturated heterocycles. The number of carbonyl (C=O) groups excluding carboxylic acids is 1. The van der Waals surface area contributed by atoms with Gasteiger partial charge in [0.1, 0.15) is 0 Å². The zero-order valence-corrected chi connectivity index (χ0v) is 10.6. The van der Waals surface area contributed by atoms with Gasteiger partial charge in [0.15, 0.2) is 0 Å². The van der Waals surface area contributed by atoms with Gasteiger partial charge in [-0.25, -0.2) is 0 Å². The molecule has 100 valence electrons. The molecule has 1 aromatic heterocycles. The Balaban J connectivity index is 2.05. The minimum absolute atomic E-state index is 0.254. The van der Waals surface area contributed by atoms with Crippen LogP contribution in [0.2, 0.25) is 0 Å². The normalized spacial score (nSPS) is 12.1. The molecular weight excluding hydrogens is 232 g/mol. The molecule has 0 aliphatic carbocycles. The van der Waals surface area contributed by atoms with Crippen molar-refractivity contribution in [2.75, 3.05) is 20.2 Å². The highest BCUT2D eigenvalue weighted by Crippen LogP contribution is 1.99. The Kier molecular flexibility index (Phi) is 6.98. The maximum absolute atomic E-state index is 10.9. The first kappa shape index (κ1) is 14.6. The fraction of sp³-hybridized carbons (Fsp3) is 0.538. The lowest BCUT2D eigenvalue weighted by Gasteiger charge is -2.11. The van der Waals surface area contributed by atoms with Crippen LogP contribution in [0.3, 0.4) is 0 Å². The van der Waals surface area contributed by atoms with Crippen LogP contribution in [-0.2, 0) is 16.0 Å². The third-order valence-electron chi connectivity index (χ3n) is 2.63. The van der Waals surface area contributed by atoms with E-state index in [0.29, 0.717) is 13.0 Å². The van der Waals surface area contributed by atoms with E-state index >= 15 is 0 Å². The average molecular weight is 252 g/mol. The molecule has 0 spiro atoms. The summed E-state index contributed by atoms with van der Waals surface area (Å²) in [5.41, 5.74) is 1.21. The highest BCUT2D eigenvalue weighted by atomic mass is 16.5. The molecule has 0 saturated carbocycles. The number of aromatic nitrogens is 1. The molecule has 1 heterocycles. The van der Waals surface area contributed by atoms with Crippen LogP contribution >= 0.6 is 0 Å². The van der Waals surface area contributed by atoms with Gasteiger partial charge in [-0.15, -0.1) is 0 Å². The summed E-state index contributed by atoms with van der Waals surface area (Å²) in [6, 6.07) is 3.94. The van der Waals surface area contributed by atoms with Crippen LogP contribution in [0.4, 0.5) is 0 Å². The summed E-state index contributed by atoms with van der Waals surface area (Å²) in [5.74, 6) is -0.286. The molecule has 0 amide bonds. The van der Waals surface area contributed by atoms with Crippen LogP contribution in [0.15, 0.2) is 24.5 Å². The summed E-state index contributed by atoms with van der Waals surface area (Å²) in [6.45, 7) is 1.28. The number of rotatable bonds is 8. The van der Waals surface area contributed by atoms with Gasteiger partial charge in [0.2, 0.25) is 0 Å². The minimum atomic E-state index is -0.512.